The van der Waals surface area contributed by atoms with Gasteiger partial charge >= 0.3 is 0 Å². The van der Waals surface area contributed by atoms with Crippen LogP contribution in [-0.4, -0.2) is 37.6 Å². The second-order valence-electron chi connectivity index (χ2n) is 5.59. The quantitative estimate of drug-likeness (QED) is 0.807. The third-order valence-electron chi connectivity index (χ3n) is 4.22. The highest BCUT2D eigenvalue weighted by Crippen LogP contribution is 2.23. The third kappa shape index (κ3) is 4.59. The molecule has 4 nitrogen and oxygen atoms in total. The van der Waals surface area contributed by atoms with Gasteiger partial charge in [-0.3, -0.25) is 9.69 Å². The lowest BCUT2D eigenvalue weighted by Gasteiger charge is -2.30. The number of benzene rings is 2. The fraction of sp³-hybridized carbons (Fsp3) is 0.350. The van der Waals surface area contributed by atoms with Gasteiger partial charge in [-0.2, -0.15) is 0 Å². The number of nitrogens with one attached hydrogen (secondary N) is 1. The van der Waals surface area contributed by atoms with Crippen LogP contribution >= 0.6 is 0 Å². The van der Waals surface area contributed by atoms with Crippen molar-refractivity contribution >= 4 is 5.91 Å². The van der Waals surface area contributed by atoms with Crippen LogP contribution in [0.5, 0.6) is 5.75 Å². The van der Waals surface area contributed by atoms with Gasteiger partial charge in [-0.1, -0.05) is 44.2 Å². The van der Waals surface area contributed by atoms with E-state index in [2.05, 4.69) is 30.1 Å². The summed E-state index contributed by atoms with van der Waals surface area (Å²) in [4.78, 5) is 14.7. The molecule has 128 valence electrons. The van der Waals surface area contributed by atoms with Crippen LogP contribution in [0.2, 0.25) is 0 Å². The predicted octanol–water partition coefficient (Wildman–Crippen LogP) is 3.51. The van der Waals surface area contributed by atoms with Gasteiger partial charge < -0.3 is 10.1 Å². The van der Waals surface area contributed by atoms with Crippen molar-refractivity contribution in [3.05, 3.63) is 65.7 Å². The van der Waals surface area contributed by atoms with Gasteiger partial charge in [-0.15, -0.1) is 0 Å². The van der Waals surface area contributed by atoms with Crippen molar-refractivity contribution in [1.82, 2.24) is 10.2 Å². The van der Waals surface area contributed by atoms with E-state index in [1.807, 2.05) is 48.5 Å². The molecule has 2 aromatic rings. The Bertz CT molecular complexity index is 639. The van der Waals surface area contributed by atoms with E-state index in [0.29, 0.717) is 12.1 Å². The highest BCUT2D eigenvalue weighted by Gasteiger charge is 2.19. The Hall–Kier alpha value is -2.33. The SMILES string of the molecule is CCN(CC)C(CNC(=O)c1ccccc1)c1cccc(OC)c1. The van der Waals surface area contributed by atoms with Crippen LogP contribution in [0.4, 0.5) is 0 Å². The smallest absolute Gasteiger partial charge is 0.251 e. The number of nitrogens with zero attached hydrogens (tertiary/aromatic N) is 1. The Morgan fingerprint density at radius 3 is 2.42 bits per heavy atom. The summed E-state index contributed by atoms with van der Waals surface area (Å²) in [5.74, 6) is 0.787. The van der Waals surface area contributed by atoms with Gasteiger partial charge in [0.2, 0.25) is 0 Å². The molecule has 1 unspecified atom stereocenters. The summed E-state index contributed by atoms with van der Waals surface area (Å²) in [5, 5.41) is 3.06. The van der Waals surface area contributed by atoms with Gasteiger partial charge in [0.25, 0.3) is 5.91 Å². The molecule has 0 saturated heterocycles. The van der Waals surface area contributed by atoms with E-state index < -0.39 is 0 Å². The number of hydrogen-bond acceptors (Lipinski definition) is 3. The van der Waals surface area contributed by atoms with Crippen molar-refractivity contribution < 1.29 is 9.53 Å². The van der Waals surface area contributed by atoms with Gasteiger partial charge in [-0.05, 0) is 42.9 Å². The minimum atomic E-state index is -0.0457. The van der Waals surface area contributed by atoms with E-state index in [9.17, 15) is 4.79 Å². The first-order chi connectivity index (χ1) is 11.7. The first kappa shape index (κ1) is 18.0. The maximum Gasteiger partial charge on any atom is 0.251 e. The first-order valence-electron chi connectivity index (χ1n) is 8.40. The van der Waals surface area contributed by atoms with Crippen LogP contribution in [0.25, 0.3) is 0 Å². The molecule has 0 fully saturated rings. The highest BCUT2D eigenvalue weighted by atomic mass is 16.5. The summed E-state index contributed by atoms with van der Waals surface area (Å²) >= 11 is 0. The molecule has 2 rings (SSSR count). The zero-order valence-corrected chi connectivity index (χ0v) is 14.7. The van der Waals surface area contributed by atoms with Crippen molar-refractivity contribution in [3.63, 3.8) is 0 Å². The van der Waals surface area contributed by atoms with Gasteiger partial charge in [0.1, 0.15) is 5.75 Å². The molecule has 0 aliphatic carbocycles. The number of carbonyl (C=O) groups is 1. The topological polar surface area (TPSA) is 41.6 Å². The lowest BCUT2D eigenvalue weighted by atomic mass is 10.0. The average molecular weight is 326 g/mol. The second-order valence-corrected chi connectivity index (χ2v) is 5.59. The molecule has 0 bridgehead atoms. The summed E-state index contributed by atoms with van der Waals surface area (Å²) in [6, 6.07) is 17.5. The van der Waals surface area contributed by atoms with E-state index in [4.69, 9.17) is 4.74 Å². The lowest BCUT2D eigenvalue weighted by Crippen LogP contribution is -2.38. The Kier molecular flexibility index (Phi) is 6.82. The van der Waals surface area contributed by atoms with Crippen LogP contribution in [-0.2, 0) is 0 Å². The minimum absolute atomic E-state index is 0.0457. The molecule has 1 N–H and O–H groups in total. The molecule has 2 aromatic carbocycles. The van der Waals surface area contributed by atoms with Crippen molar-refractivity contribution in [2.75, 3.05) is 26.7 Å². The first-order valence-corrected chi connectivity index (χ1v) is 8.40. The van der Waals surface area contributed by atoms with Crippen molar-refractivity contribution in [3.8, 4) is 5.75 Å². The molecular formula is C20H26N2O2. The van der Waals surface area contributed by atoms with Crippen LogP contribution in [0.3, 0.4) is 0 Å². The highest BCUT2D eigenvalue weighted by molar-refractivity contribution is 5.94. The summed E-state index contributed by atoms with van der Waals surface area (Å²) in [7, 11) is 1.67. The Balaban J connectivity index is 2.16. The molecule has 0 aliphatic rings. The minimum Gasteiger partial charge on any atom is -0.497 e. The van der Waals surface area contributed by atoms with Gasteiger partial charge in [0.05, 0.1) is 13.2 Å². The molecule has 0 saturated carbocycles. The summed E-state index contributed by atoms with van der Waals surface area (Å²) in [5.41, 5.74) is 1.83. The van der Waals surface area contributed by atoms with Crippen molar-refractivity contribution in [2.45, 2.75) is 19.9 Å². The van der Waals surface area contributed by atoms with E-state index in [-0.39, 0.29) is 11.9 Å². The fourth-order valence-corrected chi connectivity index (χ4v) is 2.85. The molecule has 4 heteroatoms. The lowest BCUT2D eigenvalue weighted by molar-refractivity contribution is 0.0935. The number of ether oxygens (including phenoxy) is 1. The predicted molar refractivity (Wildman–Crippen MR) is 97.4 cm³/mol. The molecule has 0 aliphatic heterocycles. The normalized spacial score (nSPS) is 12.0. The molecule has 24 heavy (non-hydrogen) atoms. The molecule has 1 atom stereocenters. The zero-order chi connectivity index (χ0) is 17.4. The van der Waals surface area contributed by atoms with E-state index in [0.717, 1.165) is 24.4 Å². The van der Waals surface area contributed by atoms with Crippen LogP contribution in [0.15, 0.2) is 54.6 Å². The van der Waals surface area contributed by atoms with Crippen LogP contribution in [0.1, 0.15) is 35.8 Å². The summed E-state index contributed by atoms with van der Waals surface area (Å²) < 4.78 is 5.34. The number of carbonyl (C=O) groups excluding carboxylic acids is 1. The van der Waals surface area contributed by atoms with Gasteiger partial charge in [0.15, 0.2) is 0 Å². The van der Waals surface area contributed by atoms with Crippen LogP contribution in [0, 0.1) is 0 Å². The maximum atomic E-state index is 12.3. The summed E-state index contributed by atoms with van der Waals surface area (Å²) in [6.07, 6.45) is 0. The number of amides is 1. The number of rotatable bonds is 8. The third-order valence-corrected chi connectivity index (χ3v) is 4.22. The molecule has 0 spiro atoms. The molecule has 1 amide bonds. The number of methoxy groups -OCH3 is 1. The average Bonchev–Trinajstić information content (AvgIpc) is 2.65. The van der Waals surface area contributed by atoms with E-state index in [1.165, 1.54) is 0 Å². The Morgan fingerprint density at radius 1 is 1.08 bits per heavy atom. The maximum absolute atomic E-state index is 12.3. The molecule has 0 heterocycles. The van der Waals surface area contributed by atoms with Gasteiger partial charge in [0, 0.05) is 12.1 Å². The van der Waals surface area contributed by atoms with Crippen molar-refractivity contribution in [2.24, 2.45) is 0 Å². The van der Waals surface area contributed by atoms with E-state index >= 15 is 0 Å². The second kappa shape index (κ2) is 9.08. The monoisotopic (exact) mass is 326 g/mol. The fourth-order valence-electron chi connectivity index (χ4n) is 2.85. The van der Waals surface area contributed by atoms with Crippen molar-refractivity contribution in [1.29, 1.82) is 0 Å². The largest absolute Gasteiger partial charge is 0.497 e. The summed E-state index contributed by atoms with van der Waals surface area (Å²) in [6.45, 7) is 6.66. The molecule has 0 aromatic heterocycles. The molecular weight excluding hydrogens is 300 g/mol. The zero-order valence-electron chi connectivity index (χ0n) is 14.7. The molecule has 0 radical (unpaired) electrons. The van der Waals surface area contributed by atoms with Gasteiger partial charge in [-0.25, -0.2) is 0 Å². The Morgan fingerprint density at radius 2 is 1.79 bits per heavy atom. The Labute approximate surface area is 144 Å². The number of likely N-dealkylation sites (N-methyl/N-ethyl adjacent to an activating group) is 1. The van der Waals surface area contributed by atoms with E-state index in [1.54, 1.807) is 7.11 Å². The standard InChI is InChI=1S/C20H26N2O2/c1-4-22(5-2)19(17-12-9-13-18(14-17)24-3)15-21-20(23)16-10-7-6-8-11-16/h6-14,19H,4-5,15H2,1-3H3,(H,21,23). The van der Waals surface area contributed by atoms with Crippen LogP contribution < -0.4 is 10.1 Å². The number of hydrogen-bond donors (Lipinski definition) is 1.